The van der Waals surface area contributed by atoms with Crippen molar-refractivity contribution in [2.24, 2.45) is 7.05 Å². The molecule has 2 aromatic heterocycles. The Labute approximate surface area is 404 Å². The zero-order chi connectivity index (χ0) is 45.8. The molecule has 324 valence electrons. The molecule has 0 aliphatic heterocycles. The Bertz CT molecular complexity index is 4570. The number of nitrogens with zero attached hydrogens (tertiary/aromatic N) is 1. The van der Waals surface area contributed by atoms with Crippen LogP contribution in [0.1, 0.15) is 22.3 Å². The van der Waals surface area contributed by atoms with Crippen LogP contribution in [0.25, 0.3) is 132 Å². The molecule has 0 saturated heterocycles. The maximum atomic E-state index is 3.88. The van der Waals surface area contributed by atoms with Crippen LogP contribution in [-0.4, -0.2) is 9.55 Å². The number of hydrogen-bond acceptors (Lipinski definition) is 0. The molecule has 0 saturated carbocycles. The Hall–Kier alpha value is -8.98. The van der Waals surface area contributed by atoms with E-state index in [-0.39, 0.29) is 0 Å². The second kappa shape index (κ2) is 13.8. The van der Waals surface area contributed by atoms with Crippen molar-refractivity contribution in [3.05, 3.63) is 253 Å². The molecule has 16 rings (SSSR count). The molecule has 0 atom stereocenters. The predicted molar refractivity (Wildman–Crippen MR) is 295 cm³/mol. The summed E-state index contributed by atoms with van der Waals surface area (Å²) in [6.07, 6.45) is 0. The summed E-state index contributed by atoms with van der Waals surface area (Å²) in [5.74, 6) is 0. The molecule has 2 aliphatic rings. The second-order valence-electron chi connectivity index (χ2n) is 19.5. The fourth-order valence-corrected chi connectivity index (χ4v) is 13.7. The van der Waals surface area contributed by atoms with Crippen LogP contribution in [0.4, 0.5) is 0 Å². The van der Waals surface area contributed by atoms with E-state index in [4.69, 9.17) is 0 Å². The highest BCUT2D eigenvalue weighted by molar-refractivity contribution is 6.24. The summed E-state index contributed by atoms with van der Waals surface area (Å²) in [4.78, 5) is 3.88. The van der Waals surface area contributed by atoms with E-state index >= 15 is 0 Å². The van der Waals surface area contributed by atoms with Crippen LogP contribution < -0.4 is 0 Å². The molecular formula is C68H42N2. The minimum absolute atomic E-state index is 0.563. The normalized spacial score (nSPS) is 13.3. The van der Waals surface area contributed by atoms with Gasteiger partial charge in [0.25, 0.3) is 0 Å². The highest BCUT2D eigenvalue weighted by Crippen LogP contribution is 2.66. The maximum absolute atomic E-state index is 3.88. The lowest BCUT2D eigenvalue weighted by atomic mass is 9.68. The minimum atomic E-state index is -0.563. The molecule has 1 spiro atoms. The molecular weight excluding hydrogens is 845 g/mol. The van der Waals surface area contributed by atoms with Crippen molar-refractivity contribution in [2.75, 3.05) is 0 Å². The summed E-state index contributed by atoms with van der Waals surface area (Å²) in [5, 5.41) is 12.5. The van der Waals surface area contributed by atoms with Crippen molar-refractivity contribution >= 4 is 75.9 Å². The quantitative estimate of drug-likeness (QED) is 0.171. The van der Waals surface area contributed by atoms with Gasteiger partial charge in [0.15, 0.2) is 0 Å². The summed E-state index contributed by atoms with van der Waals surface area (Å²) < 4.78 is 2.40. The molecule has 2 aliphatic carbocycles. The van der Waals surface area contributed by atoms with Crippen molar-refractivity contribution in [1.29, 1.82) is 0 Å². The number of rotatable bonds is 3. The number of aryl methyl sites for hydroxylation is 1. The molecule has 1 N–H and O–H groups in total. The number of nitrogens with one attached hydrogen (secondary N) is 1. The summed E-state index contributed by atoms with van der Waals surface area (Å²) in [6, 6.07) is 87.1. The number of aromatic nitrogens is 2. The van der Waals surface area contributed by atoms with Gasteiger partial charge >= 0.3 is 0 Å². The minimum Gasteiger partial charge on any atom is -0.354 e. The Kier molecular flexibility index (Phi) is 7.51. The van der Waals surface area contributed by atoms with E-state index in [9.17, 15) is 0 Å². The Morgan fingerprint density at radius 3 is 1.60 bits per heavy atom. The maximum Gasteiger partial charge on any atom is 0.0731 e. The van der Waals surface area contributed by atoms with Gasteiger partial charge in [-0.05, 0) is 117 Å². The van der Waals surface area contributed by atoms with Gasteiger partial charge in [-0.1, -0.05) is 212 Å². The van der Waals surface area contributed by atoms with E-state index in [0.29, 0.717) is 0 Å². The van der Waals surface area contributed by atoms with Crippen LogP contribution >= 0.6 is 0 Å². The van der Waals surface area contributed by atoms with Gasteiger partial charge in [0.1, 0.15) is 0 Å². The highest BCUT2D eigenvalue weighted by Gasteiger charge is 2.53. The van der Waals surface area contributed by atoms with Crippen molar-refractivity contribution in [3.63, 3.8) is 0 Å². The number of H-pyrrole nitrogens is 1. The first-order chi connectivity index (χ1) is 34.7. The van der Waals surface area contributed by atoms with E-state index < -0.39 is 5.41 Å². The van der Waals surface area contributed by atoms with Gasteiger partial charge in [-0.15, -0.1) is 0 Å². The number of benzene rings is 12. The fourth-order valence-electron chi connectivity index (χ4n) is 13.7. The highest BCUT2D eigenvalue weighted by atomic mass is 14.9. The fraction of sp³-hybridized carbons (Fsp3) is 0.0294. The number of hydrogen-bond donors (Lipinski definition) is 1. The van der Waals surface area contributed by atoms with E-state index in [1.807, 2.05) is 0 Å². The molecule has 2 heteroatoms. The lowest BCUT2D eigenvalue weighted by molar-refractivity contribution is 0.796. The predicted octanol–water partition coefficient (Wildman–Crippen LogP) is 17.8. The molecule has 12 aromatic carbocycles. The van der Waals surface area contributed by atoms with Gasteiger partial charge < -0.3 is 9.55 Å². The molecule has 70 heavy (non-hydrogen) atoms. The molecule has 0 radical (unpaired) electrons. The first-order valence-electron chi connectivity index (χ1n) is 24.5. The van der Waals surface area contributed by atoms with Crippen LogP contribution in [0.2, 0.25) is 0 Å². The molecule has 0 amide bonds. The number of fused-ring (bicyclic) bond motifs is 20. The monoisotopic (exact) mass is 886 g/mol. The van der Waals surface area contributed by atoms with E-state index in [2.05, 4.69) is 247 Å². The van der Waals surface area contributed by atoms with Gasteiger partial charge in [-0.3, -0.25) is 0 Å². The van der Waals surface area contributed by atoms with Crippen molar-refractivity contribution < 1.29 is 0 Å². The van der Waals surface area contributed by atoms with E-state index in [0.717, 1.165) is 11.0 Å². The third-order valence-electron chi connectivity index (χ3n) is 16.4. The van der Waals surface area contributed by atoms with Gasteiger partial charge in [-0.25, -0.2) is 0 Å². The number of aromatic amines is 1. The first-order valence-corrected chi connectivity index (χ1v) is 24.5. The summed E-state index contributed by atoms with van der Waals surface area (Å²) in [5.41, 5.74) is 22.3. The zero-order valence-electron chi connectivity index (χ0n) is 38.4. The first kappa shape index (κ1) is 38.0. The summed E-state index contributed by atoms with van der Waals surface area (Å²) in [6.45, 7) is 0. The molecule has 2 heterocycles. The molecule has 0 fully saturated rings. The summed E-state index contributed by atoms with van der Waals surface area (Å²) in [7, 11) is 2.23. The average molecular weight is 887 g/mol. The van der Waals surface area contributed by atoms with Crippen LogP contribution in [0.15, 0.2) is 231 Å². The van der Waals surface area contributed by atoms with E-state index in [1.54, 1.807) is 0 Å². The number of para-hydroxylation sites is 4. The average Bonchev–Trinajstić information content (AvgIpc) is 4.14. The van der Waals surface area contributed by atoms with Crippen molar-refractivity contribution in [3.8, 4) is 55.6 Å². The lowest BCUT2D eigenvalue weighted by Gasteiger charge is -2.33. The van der Waals surface area contributed by atoms with Crippen LogP contribution in [-0.2, 0) is 12.5 Å². The topological polar surface area (TPSA) is 20.7 Å². The van der Waals surface area contributed by atoms with Crippen LogP contribution in [0.5, 0.6) is 0 Å². The van der Waals surface area contributed by atoms with Crippen molar-refractivity contribution in [1.82, 2.24) is 9.55 Å². The van der Waals surface area contributed by atoms with Crippen LogP contribution in [0.3, 0.4) is 0 Å². The summed E-state index contributed by atoms with van der Waals surface area (Å²) >= 11 is 0. The largest absolute Gasteiger partial charge is 0.354 e. The third kappa shape index (κ3) is 4.73. The Balaban J connectivity index is 1.09. The zero-order valence-corrected chi connectivity index (χ0v) is 38.4. The molecule has 14 aromatic rings. The molecule has 0 unspecified atom stereocenters. The van der Waals surface area contributed by atoms with Gasteiger partial charge in [-0.2, -0.15) is 0 Å². The van der Waals surface area contributed by atoms with Gasteiger partial charge in [0, 0.05) is 50.8 Å². The third-order valence-corrected chi connectivity index (χ3v) is 16.4. The van der Waals surface area contributed by atoms with Crippen molar-refractivity contribution in [2.45, 2.75) is 5.41 Å². The van der Waals surface area contributed by atoms with E-state index in [1.165, 1.54) is 143 Å². The lowest BCUT2D eigenvalue weighted by Crippen LogP contribution is -2.26. The standard InChI is InChI=1S/C68H42N2/c1-70-62-36-11-7-22-47(62)53-30-15-29-52(67(53)70)43-24-13-26-49-57(43)39-56-42(50-27-14-28-51-46-21-6-10-35-61(46)69-66(50)51)23-12-25-48(56)63(49)54-31-16-32-55-64-41-18-3-2-17-40(41)37-38-60(64)68(65(54)55)58-33-8-4-19-44(58)45-20-5-9-34-59(45)68/h2-39,69H,1H3. The van der Waals surface area contributed by atoms with Crippen LogP contribution in [0, 0.1) is 0 Å². The van der Waals surface area contributed by atoms with Gasteiger partial charge in [0.2, 0.25) is 0 Å². The molecule has 0 bridgehead atoms. The SMILES string of the molecule is Cn1c2ccccc2c2cccc(-c3cccc4c(-c5cccc6c5C5(c7ccccc7-c7ccccc75)c5ccc7ccccc7c5-6)c5cccc(-c6cccc7c6[nH]c6ccccc67)c5cc34)c21. The molecule has 2 nitrogen and oxygen atoms in total. The Morgan fingerprint density at radius 2 is 0.843 bits per heavy atom. The smallest absolute Gasteiger partial charge is 0.0731 e. The Morgan fingerprint density at radius 1 is 0.329 bits per heavy atom. The second-order valence-corrected chi connectivity index (χ2v) is 19.5. The van der Waals surface area contributed by atoms with Gasteiger partial charge in [0.05, 0.1) is 16.4 Å².